The second-order valence-electron chi connectivity index (χ2n) is 5.07. The molecule has 1 saturated heterocycles. The van der Waals surface area contributed by atoms with Crippen molar-refractivity contribution in [3.63, 3.8) is 0 Å². The summed E-state index contributed by atoms with van der Waals surface area (Å²) in [5.74, 6) is 0.371. The first-order chi connectivity index (χ1) is 10.1. The van der Waals surface area contributed by atoms with Crippen LogP contribution in [0.1, 0.15) is 18.5 Å². The Kier molecular flexibility index (Phi) is 3.79. The van der Waals surface area contributed by atoms with Crippen molar-refractivity contribution in [1.82, 2.24) is 14.8 Å². The van der Waals surface area contributed by atoms with Crippen molar-refractivity contribution >= 4 is 23.1 Å². The number of halogens is 1. The molecule has 0 unspecified atom stereocenters. The van der Waals surface area contributed by atoms with E-state index in [0.29, 0.717) is 16.5 Å². The lowest BCUT2D eigenvalue weighted by atomic mass is 10.3. The van der Waals surface area contributed by atoms with Gasteiger partial charge in [-0.25, -0.2) is 9.67 Å². The number of nitrogen functional groups attached to an aromatic ring is 1. The van der Waals surface area contributed by atoms with Crippen LogP contribution in [0.4, 0.5) is 11.5 Å². The standard InChI is InChI=1S/C14H16ClN5O/c15-11-3-4-13(16)18-12(11)9-20-14(21)7-10(8-17-20)19-5-1-2-6-19/h3-4,7-8H,1-2,5-6,9H2,(H2,16,18). The van der Waals surface area contributed by atoms with Gasteiger partial charge in [0.15, 0.2) is 0 Å². The molecule has 0 saturated carbocycles. The van der Waals surface area contributed by atoms with Crippen molar-refractivity contribution in [2.24, 2.45) is 0 Å². The van der Waals surface area contributed by atoms with Crippen LogP contribution in [0.2, 0.25) is 5.02 Å². The molecule has 0 atom stereocenters. The molecule has 0 bridgehead atoms. The maximum absolute atomic E-state index is 12.2. The van der Waals surface area contributed by atoms with Gasteiger partial charge in [0.25, 0.3) is 5.56 Å². The highest BCUT2D eigenvalue weighted by molar-refractivity contribution is 6.31. The molecule has 1 fully saturated rings. The average Bonchev–Trinajstić information content (AvgIpc) is 2.99. The minimum absolute atomic E-state index is 0.167. The second-order valence-corrected chi connectivity index (χ2v) is 5.48. The monoisotopic (exact) mass is 305 g/mol. The van der Waals surface area contributed by atoms with Gasteiger partial charge in [-0.3, -0.25) is 4.79 Å². The van der Waals surface area contributed by atoms with Crippen LogP contribution < -0.4 is 16.2 Å². The Morgan fingerprint density at radius 2 is 2.05 bits per heavy atom. The number of hydrogen-bond donors (Lipinski definition) is 1. The molecular weight excluding hydrogens is 290 g/mol. The number of aromatic nitrogens is 3. The first-order valence-electron chi connectivity index (χ1n) is 6.86. The van der Waals surface area contributed by atoms with Gasteiger partial charge in [-0.15, -0.1) is 0 Å². The zero-order valence-electron chi connectivity index (χ0n) is 11.5. The fraction of sp³-hybridized carbons (Fsp3) is 0.357. The van der Waals surface area contributed by atoms with Gasteiger partial charge in [-0.05, 0) is 25.0 Å². The third-order valence-corrected chi connectivity index (χ3v) is 3.91. The SMILES string of the molecule is Nc1ccc(Cl)c(Cn2ncc(N3CCCC3)cc2=O)n1. The van der Waals surface area contributed by atoms with Crippen molar-refractivity contribution in [1.29, 1.82) is 0 Å². The zero-order chi connectivity index (χ0) is 14.8. The van der Waals surface area contributed by atoms with E-state index in [0.717, 1.165) is 31.6 Å². The predicted molar refractivity (Wildman–Crippen MR) is 82.7 cm³/mol. The topological polar surface area (TPSA) is 77.0 Å². The Morgan fingerprint density at radius 1 is 1.29 bits per heavy atom. The van der Waals surface area contributed by atoms with Gasteiger partial charge in [-0.2, -0.15) is 5.10 Å². The molecule has 1 aliphatic heterocycles. The average molecular weight is 306 g/mol. The molecule has 0 aromatic carbocycles. The Balaban J connectivity index is 1.86. The van der Waals surface area contributed by atoms with Gasteiger partial charge in [0.05, 0.1) is 29.1 Å². The molecule has 0 amide bonds. The Hall–Kier alpha value is -2.08. The van der Waals surface area contributed by atoms with Crippen LogP contribution in [0.25, 0.3) is 0 Å². The summed E-state index contributed by atoms with van der Waals surface area (Å²) in [6.45, 7) is 2.17. The molecule has 0 radical (unpaired) electrons. The van der Waals surface area contributed by atoms with E-state index >= 15 is 0 Å². The first kappa shape index (κ1) is 13.9. The first-order valence-corrected chi connectivity index (χ1v) is 7.24. The molecule has 2 aromatic rings. The summed E-state index contributed by atoms with van der Waals surface area (Å²) in [5, 5.41) is 4.69. The lowest BCUT2D eigenvalue weighted by molar-refractivity contribution is 0.627. The van der Waals surface area contributed by atoms with Gasteiger partial charge in [0.1, 0.15) is 5.82 Å². The summed E-state index contributed by atoms with van der Waals surface area (Å²) in [4.78, 5) is 18.5. The molecule has 2 aromatic heterocycles. The molecule has 7 heteroatoms. The van der Waals surface area contributed by atoms with Crippen LogP contribution in [0.15, 0.2) is 29.2 Å². The van der Waals surface area contributed by atoms with Crippen molar-refractivity contribution in [3.05, 3.63) is 45.5 Å². The summed E-state index contributed by atoms with van der Waals surface area (Å²) < 4.78 is 1.34. The third kappa shape index (κ3) is 3.00. The third-order valence-electron chi connectivity index (χ3n) is 3.57. The Labute approximate surface area is 127 Å². The van der Waals surface area contributed by atoms with E-state index in [-0.39, 0.29) is 12.1 Å². The number of nitrogens with two attached hydrogens (primary N) is 1. The molecule has 21 heavy (non-hydrogen) atoms. The number of pyridine rings is 1. The molecule has 0 spiro atoms. The zero-order valence-corrected chi connectivity index (χ0v) is 12.3. The summed E-state index contributed by atoms with van der Waals surface area (Å²) >= 11 is 6.06. The van der Waals surface area contributed by atoms with Crippen LogP contribution in [0.3, 0.4) is 0 Å². The van der Waals surface area contributed by atoms with Gasteiger partial charge in [0, 0.05) is 19.2 Å². The normalized spacial score (nSPS) is 14.6. The summed E-state index contributed by atoms with van der Waals surface area (Å²) in [6.07, 6.45) is 4.03. The highest BCUT2D eigenvalue weighted by atomic mass is 35.5. The highest BCUT2D eigenvalue weighted by Gasteiger charge is 2.14. The molecule has 3 heterocycles. The highest BCUT2D eigenvalue weighted by Crippen LogP contribution is 2.18. The molecular formula is C14H16ClN5O. The molecule has 2 N–H and O–H groups in total. The van der Waals surface area contributed by atoms with Crippen LogP contribution in [-0.2, 0) is 6.54 Å². The van der Waals surface area contributed by atoms with Crippen molar-refractivity contribution < 1.29 is 0 Å². The quantitative estimate of drug-likeness (QED) is 0.930. The smallest absolute Gasteiger partial charge is 0.269 e. The van der Waals surface area contributed by atoms with Crippen molar-refractivity contribution in [2.45, 2.75) is 19.4 Å². The van der Waals surface area contributed by atoms with Crippen LogP contribution in [-0.4, -0.2) is 27.9 Å². The second kappa shape index (κ2) is 5.73. The van der Waals surface area contributed by atoms with Crippen LogP contribution >= 0.6 is 11.6 Å². The van der Waals surface area contributed by atoms with E-state index in [1.807, 2.05) is 0 Å². The largest absolute Gasteiger partial charge is 0.384 e. The van der Waals surface area contributed by atoms with Gasteiger partial charge < -0.3 is 10.6 Å². The lowest BCUT2D eigenvalue weighted by Crippen LogP contribution is -2.26. The van der Waals surface area contributed by atoms with E-state index in [4.69, 9.17) is 17.3 Å². The van der Waals surface area contributed by atoms with Gasteiger partial charge in [-0.1, -0.05) is 11.6 Å². The molecule has 1 aliphatic rings. The van der Waals surface area contributed by atoms with Crippen molar-refractivity contribution in [3.8, 4) is 0 Å². The predicted octanol–water partition coefficient (Wildman–Crippen LogP) is 1.52. The fourth-order valence-corrected chi connectivity index (χ4v) is 2.61. The van der Waals surface area contributed by atoms with E-state index in [1.165, 1.54) is 4.68 Å². The summed E-state index contributed by atoms with van der Waals surface area (Å²) in [6, 6.07) is 4.90. The minimum Gasteiger partial charge on any atom is -0.384 e. The van der Waals surface area contributed by atoms with E-state index < -0.39 is 0 Å². The molecule has 110 valence electrons. The Bertz CT molecular complexity index is 709. The van der Waals surface area contributed by atoms with E-state index in [2.05, 4.69) is 15.0 Å². The van der Waals surface area contributed by atoms with Crippen LogP contribution in [0.5, 0.6) is 0 Å². The van der Waals surface area contributed by atoms with Crippen molar-refractivity contribution in [2.75, 3.05) is 23.7 Å². The number of rotatable bonds is 3. The van der Waals surface area contributed by atoms with Gasteiger partial charge >= 0.3 is 0 Å². The van der Waals surface area contributed by atoms with Gasteiger partial charge in [0.2, 0.25) is 0 Å². The van der Waals surface area contributed by atoms with E-state index in [1.54, 1.807) is 24.4 Å². The maximum Gasteiger partial charge on any atom is 0.269 e. The summed E-state index contributed by atoms with van der Waals surface area (Å²) in [7, 11) is 0. The lowest BCUT2D eigenvalue weighted by Gasteiger charge is -2.17. The Morgan fingerprint density at radius 3 is 2.76 bits per heavy atom. The molecule has 6 nitrogen and oxygen atoms in total. The number of hydrogen-bond acceptors (Lipinski definition) is 5. The number of anilines is 2. The molecule has 0 aliphatic carbocycles. The minimum atomic E-state index is -0.167. The number of nitrogens with zero attached hydrogens (tertiary/aromatic N) is 4. The van der Waals surface area contributed by atoms with Crippen LogP contribution in [0, 0.1) is 0 Å². The van der Waals surface area contributed by atoms with E-state index in [9.17, 15) is 4.79 Å². The molecule has 3 rings (SSSR count). The fourth-order valence-electron chi connectivity index (χ4n) is 2.45. The summed E-state index contributed by atoms with van der Waals surface area (Å²) in [5.41, 5.74) is 6.89. The maximum atomic E-state index is 12.2.